The van der Waals surface area contributed by atoms with Crippen molar-refractivity contribution in [3.63, 3.8) is 0 Å². The molecule has 2 aromatic rings. The van der Waals surface area contributed by atoms with Gasteiger partial charge >= 0.3 is 0 Å². The van der Waals surface area contributed by atoms with Crippen molar-refractivity contribution in [2.45, 2.75) is 20.0 Å². The highest BCUT2D eigenvalue weighted by Gasteiger charge is 2.06. The first-order valence-electron chi connectivity index (χ1n) is 6.59. The molecular weight excluding hydrogens is 348 g/mol. The highest BCUT2D eigenvalue weighted by atomic mass is 79.9. The molecule has 0 saturated carbocycles. The van der Waals surface area contributed by atoms with Gasteiger partial charge in [0.25, 0.3) is 0 Å². The van der Waals surface area contributed by atoms with Crippen LogP contribution in [0.3, 0.4) is 0 Å². The minimum atomic E-state index is 0.162. The fourth-order valence-corrected chi connectivity index (χ4v) is 2.42. The molecule has 0 aliphatic carbocycles. The molecule has 0 spiro atoms. The van der Waals surface area contributed by atoms with Gasteiger partial charge in [-0.3, -0.25) is 0 Å². The van der Waals surface area contributed by atoms with Crippen LogP contribution in [-0.2, 0) is 0 Å². The van der Waals surface area contributed by atoms with Crippen molar-refractivity contribution in [2.24, 2.45) is 5.73 Å². The Hall–Kier alpha value is -1.59. The third-order valence-corrected chi connectivity index (χ3v) is 3.47. The van der Waals surface area contributed by atoms with E-state index in [1.54, 1.807) is 0 Å². The van der Waals surface area contributed by atoms with Crippen molar-refractivity contribution >= 4 is 44.5 Å². The first-order valence-corrected chi connectivity index (χ1v) is 7.79. The Morgan fingerprint density at radius 2 is 1.86 bits per heavy atom. The molecular formula is C16H17BrN2OS. The van der Waals surface area contributed by atoms with Gasteiger partial charge in [-0.05, 0) is 56.3 Å². The van der Waals surface area contributed by atoms with Gasteiger partial charge in [0.15, 0.2) is 0 Å². The number of rotatable bonds is 5. The average Bonchev–Trinajstić information content (AvgIpc) is 2.40. The second-order valence-corrected chi connectivity index (χ2v) is 6.23. The smallest absolute Gasteiger partial charge is 0.119 e. The molecule has 21 heavy (non-hydrogen) atoms. The number of thiocarbonyl (C=S) groups is 1. The molecule has 0 aliphatic heterocycles. The minimum absolute atomic E-state index is 0.162. The molecule has 0 amide bonds. The van der Waals surface area contributed by atoms with Crippen molar-refractivity contribution in [2.75, 3.05) is 5.32 Å². The summed E-state index contributed by atoms with van der Waals surface area (Å²) in [7, 11) is 0. The van der Waals surface area contributed by atoms with Crippen LogP contribution < -0.4 is 15.8 Å². The highest BCUT2D eigenvalue weighted by molar-refractivity contribution is 9.10. The first kappa shape index (κ1) is 15.8. The van der Waals surface area contributed by atoms with Crippen molar-refractivity contribution in [1.82, 2.24) is 0 Å². The predicted molar refractivity (Wildman–Crippen MR) is 95.5 cm³/mol. The lowest BCUT2D eigenvalue weighted by Gasteiger charge is -2.13. The van der Waals surface area contributed by atoms with Crippen LogP contribution in [0.25, 0.3) is 0 Å². The summed E-state index contributed by atoms with van der Waals surface area (Å²) >= 11 is 8.53. The second kappa shape index (κ2) is 6.91. The number of benzene rings is 2. The van der Waals surface area contributed by atoms with E-state index < -0.39 is 0 Å². The van der Waals surface area contributed by atoms with E-state index in [4.69, 9.17) is 22.7 Å². The van der Waals surface area contributed by atoms with Gasteiger partial charge in [0.05, 0.1) is 6.10 Å². The zero-order valence-electron chi connectivity index (χ0n) is 11.9. The van der Waals surface area contributed by atoms with Gasteiger partial charge in [0.2, 0.25) is 0 Å². The maximum Gasteiger partial charge on any atom is 0.119 e. The molecule has 110 valence electrons. The third kappa shape index (κ3) is 4.44. The van der Waals surface area contributed by atoms with E-state index in [0.717, 1.165) is 27.2 Å². The Labute approximate surface area is 138 Å². The molecule has 0 radical (unpaired) electrons. The Balaban J connectivity index is 2.22. The molecule has 0 saturated heterocycles. The standard InChI is InChI=1S/C16H17BrN2OS/c1-10(2)20-13-6-4-12(5-7-13)19-15-9-11(17)3-8-14(15)16(18)21/h3-10,19H,1-2H3,(H2,18,21). The summed E-state index contributed by atoms with van der Waals surface area (Å²) in [6, 6.07) is 13.5. The second-order valence-electron chi connectivity index (χ2n) is 4.87. The van der Waals surface area contributed by atoms with Crippen LogP contribution in [0.5, 0.6) is 5.75 Å². The van der Waals surface area contributed by atoms with Gasteiger partial charge in [0.1, 0.15) is 10.7 Å². The number of hydrogen-bond acceptors (Lipinski definition) is 3. The van der Waals surface area contributed by atoms with E-state index in [1.165, 1.54) is 0 Å². The van der Waals surface area contributed by atoms with Gasteiger partial charge < -0.3 is 15.8 Å². The largest absolute Gasteiger partial charge is 0.491 e. The summed E-state index contributed by atoms with van der Waals surface area (Å²) in [5.74, 6) is 0.847. The molecule has 0 bridgehead atoms. The Morgan fingerprint density at radius 3 is 2.43 bits per heavy atom. The lowest BCUT2D eigenvalue weighted by molar-refractivity contribution is 0.242. The maximum atomic E-state index is 5.75. The van der Waals surface area contributed by atoms with E-state index in [-0.39, 0.29) is 6.10 Å². The predicted octanol–water partition coefficient (Wildman–Crippen LogP) is 4.61. The molecule has 3 N–H and O–H groups in total. The maximum absolute atomic E-state index is 5.75. The zero-order valence-corrected chi connectivity index (χ0v) is 14.3. The third-order valence-electron chi connectivity index (χ3n) is 2.75. The van der Waals surface area contributed by atoms with Crippen LogP contribution in [0.4, 0.5) is 11.4 Å². The molecule has 0 fully saturated rings. The molecule has 2 rings (SSSR count). The van der Waals surface area contributed by atoms with Gasteiger partial charge in [-0.1, -0.05) is 28.1 Å². The lowest BCUT2D eigenvalue weighted by Crippen LogP contribution is -2.11. The van der Waals surface area contributed by atoms with E-state index in [1.807, 2.05) is 56.3 Å². The summed E-state index contributed by atoms with van der Waals surface area (Å²) in [6.07, 6.45) is 0.162. The summed E-state index contributed by atoms with van der Waals surface area (Å²) in [5, 5.41) is 3.32. The van der Waals surface area contributed by atoms with Crippen LogP contribution in [-0.4, -0.2) is 11.1 Å². The van der Waals surface area contributed by atoms with Gasteiger partial charge in [-0.25, -0.2) is 0 Å². The van der Waals surface area contributed by atoms with Crippen LogP contribution in [0, 0.1) is 0 Å². The molecule has 0 atom stereocenters. The summed E-state index contributed by atoms with van der Waals surface area (Å²) < 4.78 is 6.59. The van der Waals surface area contributed by atoms with Crippen molar-refractivity contribution in [3.8, 4) is 5.75 Å². The molecule has 0 aliphatic rings. The monoisotopic (exact) mass is 364 g/mol. The molecule has 3 nitrogen and oxygen atoms in total. The lowest BCUT2D eigenvalue weighted by atomic mass is 10.1. The number of nitrogens with one attached hydrogen (secondary N) is 1. The molecule has 0 aromatic heterocycles. The average molecular weight is 365 g/mol. The Kier molecular flexibility index (Phi) is 5.20. The van der Waals surface area contributed by atoms with E-state index in [2.05, 4.69) is 21.2 Å². The number of hydrogen-bond donors (Lipinski definition) is 2. The van der Waals surface area contributed by atoms with Crippen molar-refractivity contribution < 1.29 is 4.74 Å². The van der Waals surface area contributed by atoms with Gasteiger partial charge in [-0.15, -0.1) is 0 Å². The molecule has 2 aromatic carbocycles. The zero-order chi connectivity index (χ0) is 15.4. The number of anilines is 2. The molecule has 5 heteroatoms. The van der Waals surface area contributed by atoms with Crippen LogP contribution >= 0.6 is 28.1 Å². The fraction of sp³-hybridized carbons (Fsp3) is 0.188. The molecule has 0 heterocycles. The van der Waals surface area contributed by atoms with Gasteiger partial charge in [-0.2, -0.15) is 0 Å². The van der Waals surface area contributed by atoms with E-state index >= 15 is 0 Å². The Bertz CT molecular complexity index is 641. The number of ether oxygens (including phenoxy) is 1. The first-order chi connectivity index (χ1) is 9.95. The number of nitrogens with two attached hydrogens (primary N) is 1. The fourth-order valence-electron chi connectivity index (χ4n) is 1.88. The summed E-state index contributed by atoms with van der Waals surface area (Å²) in [6.45, 7) is 4.00. The quantitative estimate of drug-likeness (QED) is 0.760. The van der Waals surface area contributed by atoms with E-state index in [0.29, 0.717) is 4.99 Å². The van der Waals surface area contributed by atoms with Crippen LogP contribution in [0.2, 0.25) is 0 Å². The van der Waals surface area contributed by atoms with Crippen molar-refractivity contribution in [1.29, 1.82) is 0 Å². The summed E-state index contributed by atoms with van der Waals surface area (Å²) in [5.41, 5.74) is 8.38. The molecule has 0 unspecified atom stereocenters. The topological polar surface area (TPSA) is 47.3 Å². The normalized spacial score (nSPS) is 10.5. The minimum Gasteiger partial charge on any atom is -0.491 e. The summed E-state index contributed by atoms with van der Waals surface area (Å²) in [4.78, 5) is 0.366. The highest BCUT2D eigenvalue weighted by Crippen LogP contribution is 2.26. The number of halogens is 1. The van der Waals surface area contributed by atoms with E-state index in [9.17, 15) is 0 Å². The van der Waals surface area contributed by atoms with Crippen LogP contribution in [0.15, 0.2) is 46.9 Å². The van der Waals surface area contributed by atoms with Gasteiger partial charge in [0, 0.05) is 21.4 Å². The SMILES string of the molecule is CC(C)Oc1ccc(Nc2cc(Br)ccc2C(N)=S)cc1. The van der Waals surface area contributed by atoms with Crippen LogP contribution in [0.1, 0.15) is 19.4 Å². The van der Waals surface area contributed by atoms with Crippen molar-refractivity contribution in [3.05, 3.63) is 52.5 Å². The Morgan fingerprint density at radius 1 is 1.19 bits per heavy atom.